The van der Waals surface area contributed by atoms with Gasteiger partial charge in [0.05, 0.1) is 0 Å². The summed E-state index contributed by atoms with van der Waals surface area (Å²) in [5.74, 6) is 0.876. The molecule has 1 aliphatic rings. The van der Waals surface area contributed by atoms with Gasteiger partial charge in [0.2, 0.25) is 5.91 Å². The van der Waals surface area contributed by atoms with Crippen LogP contribution in [0.25, 0.3) is 0 Å². The van der Waals surface area contributed by atoms with Crippen molar-refractivity contribution in [2.24, 2.45) is 4.99 Å². The molecule has 1 aromatic rings. The number of hydrogen-bond acceptors (Lipinski definition) is 3. The highest BCUT2D eigenvalue weighted by Crippen LogP contribution is 2.17. The predicted octanol–water partition coefficient (Wildman–Crippen LogP) is 2.45. The second-order valence-corrected chi connectivity index (χ2v) is 7.75. The first-order chi connectivity index (χ1) is 13.0. The topological polar surface area (TPSA) is 60.0 Å². The number of likely N-dealkylation sites (tertiary alicyclic amines) is 1. The van der Waals surface area contributed by atoms with E-state index in [2.05, 4.69) is 43.4 Å². The molecule has 150 valence electrons. The van der Waals surface area contributed by atoms with Crippen LogP contribution in [0, 0.1) is 0 Å². The summed E-state index contributed by atoms with van der Waals surface area (Å²) < 4.78 is 1.03. The zero-order valence-electron chi connectivity index (χ0n) is 16.7. The lowest BCUT2D eigenvalue weighted by molar-refractivity contribution is -0.130. The number of benzene rings is 1. The van der Waals surface area contributed by atoms with Crippen molar-refractivity contribution < 1.29 is 4.79 Å². The second-order valence-electron chi connectivity index (χ2n) is 6.90. The molecule has 1 amide bonds. The number of aliphatic imine (C=N–C) groups is 1. The SMILES string of the molecule is CCN1CCCC1CNC(=NC)NCCC(=O)N(C)Cc1ccccc1Br. The largest absolute Gasteiger partial charge is 0.356 e. The van der Waals surface area contributed by atoms with Crippen molar-refractivity contribution in [3.63, 3.8) is 0 Å². The third-order valence-corrected chi connectivity index (χ3v) is 5.83. The van der Waals surface area contributed by atoms with Crippen LogP contribution in [-0.2, 0) is 11.3 Å². The summed E-state index contributed by atoms with van der Waals surface area (Å²) in [6.45, 7) is 6.55. The normalized spacial score (nSPS) is 17.8. The summed E-state index contributed by atoms with van der Waals surface area (Å²) in [7, 11) is 3.61. The van der Waals surface area contributed by atoms with E-state index in [9.17, 15) is 4.79 Å². The molecule has 2 rings (SSSR count). The number of carbonyl (C=O) groups is 1. The van der Waals surface area contributed by atoms with Crippen LogP contribution in [0.2, 0.25) is 0 Å². The summed E-state index contributed by atoms with van der Waals surface area (Å²) >= 11 is 3.53. The van der Waals surface area contributed by atoms with Gasteiger partial charge in [0, 0.05) is 50.7 Å². The van der Waals surface area contributed by atoms with Crippen molar-refractivity contribution in [1.82, 2.24) is 20.4 Å². The van der Waals surface area contributed by atoms with Crippen LogP contribution in [0.5, 0.6) is 0 Å². The fraction of sp³-hybridized carbons (Fsp3) is 0.600. The molecule has 1 atom stereocenters. The molecule has 0 saturated carbocycles. The van der Waals surface area contributed by atoms with Gasteiger partial charge in [-0.05, 0) is 37.6 Å². The maximum atomic E-state index is 12.4. The molecular formula is C20H32BrN5O. The Hall–Kier alpha value is -1.60. The van der Waals surface area contributed by atoms with Gasteiger partial charge in [-0.3, -0.25) is 14.7 Å². The first-order valence-electron chi connectivity index (χ1n) is 9.71. The zero-order valence-corrected chi connectivity index (χ0v) is 18.3. The Morgan fingerprint density at radius 2 is 2.15 bits per heavy atom. The number of rotatable bonds is 8. The van der Waals surface area contributed by atoms with Gasteiger partial charge in [0.25, 0.3) is 0 Å². The van der Waals surface area contributed by atoms with Crippen LogP contribution in [0.3, 0.4) is 0 Å². The Labute approximate surface area is 171 Å². The quantitative estimate of drug-likeness (QED) is 0.484. The second kappa shape index (κ2) is 11.3. The molecule has 1 heterocycles. The highest BCUT2D eigenvalue weighted by atomic mass is 79.9. The van der Waals surface area contributed by atoms with Crippen molar-refractivity contribution in [3.8, 4) is 0 Å². The number of likely N-dealkylation sites (N-methyl/N-ethyl adjacent to an activating group) is 1. The Balaban J connectivity index is 1.70. The van der Waals surface area contributed by atoms with E-state index < -0.39 is 0 Å². The summed E-state index contributed by atoms with van der Waals surface area (Å²) in [5, 5.41) is 6.64. The monoisotopic (exact) mass is 437 g/mol. The van der Waals surface area contributed by atoms with Crippen LogP contribution in [-0.4, -0.2) is 68.0 Å². The lowest BCUT2D eigenvalue weighted by atomic mass is 10.2. The number of hydrogen-bond donors (Lipinski definition) is 2. The van der Waals surface area contributed by atoms with Gasteiger partial charge >= 0.3 is 0 Å². The number of nitrogens with zero attached hydrogens (tertiary/aromatic N) is 3. The van der Waals surface area contributed by atoms with E-state index in [1.165, 1.54) is 19.4 Å². The molecule has 7 heteroatoms. The molecule has 1 aromatic carbocycles. The van der Waals surface area contributed by atoms with Crippen LogP contribution < -0.4 is 10.6 Å². The van der Waals surface area contributed by atoms with Gasteiger partial charge in [-0.25, -0.2) is 0 Å². The van der Waals surface area contributed by atoms with Crippen molar-refractivity contribution in [1.29, 1.82) is 0 Å². The van der Waals surface area contributed by atoms with Crippen LogP contribution in [0.1, 0.15) is 31.7 Å². The maximum absolute atomic E-state index is 12.4. The van der Waals surface area contributed by atoms with E-state index in [0.717, 1.165) is 29.1 Å². The summed E-state index contributed by atoms with van der Waals surface area (Å²) in [4.78, 5) is 20.9. The van der Waals surface area contributed by atoms with Gasteiger partial charge in [0.1, 0.15) is 0 Å². The number of halogens is 1. The number of guanidine groups is 1. The minimum absolute atomic E-state index is 0.113. The first kappa shape index (κ1) is 21.7. The minimum atomic E-state index is 0.113. The maximum Gasteiger partial charge on any atom is 0.224 e. The molecule has 2 N–H and O–H groups in total. The third-order valence-electron chi connectivity index (χ3n) is 5.06. The first-order valence-corrected chi connectivity index (χ1v) is 10.5. The van der Waals surface area contributed by atoms with Gasteiger partial charge in [-0.15, -0.1) is 0 Å². The summed E-state index contributed by atoms with van der Waals surface area (Å²) in [6, 6.07) is 8.56. The smallest absolute Gasteiger partial charge is 0.224 e. The molecule has 27 heavy (non-hydrogen) atoms. The molecule has 0 aliphatic carbocycles. The Morgan fingerprint density at radius 1 is 1.37 bits per heavy atom. The molecule has 1 fully saturated rings. The van der Waals surface area contributed by atoms with Crippen molar-refractivity contribution in [3.05, 3.63) is 34.3 Å². The average molecular weight is 438 g/mol. The average Bonchev–Trinajstić information content (AvgIpc) is 3.13. The van der Waals surface area contributed by atoms with Crippen LogP contribution >= 0.6 is 15.9 Å². The van der Waals surface area contributed by atoms with Gasteiger partial charge in [-0.2, -0.15) is 0 Å². The minimum Gasteiger partial charge on any atom is -0.356 e. The zero-order chi connectivity index (χ0) is 19.6. The molecule has 0 spiro atoms. The standard InChI is InChI=1S/C20H32BrN5O/c1-4-26-13-7-9-17(26)14-24-20(22-2)23-12-11-19(27)25(3)15-16-8-5-6-10-18(16)21/h5-6,8,10,17H,4,7,9,11-15H2,1-3H3,(H2,22,23,24). The number of amides is 1. The lowest BCUT2D eigenvalue weighted by Crippen LogP contribution is -2.45. The highest BCUT2D eigenvalue weighted by molar-refractivity contribution is 9.10. The third kappa shape index (κ3) is 6.81. The Morgan fingerprint density at radius 3 is 2.85 bits per heavy atom. The van der Waals surface area contributed by atoms with E-state index >= 15 is 0 Å². The van der Waals surface area contributed by atoms with Gasteiger partial charge in [0.15, 0.2) is 5.96 Å². The Bertz CT molecular complexity index is 637. The molecule has 1 unspecified atom stereocenters. The molecule has 6 nitrogen and oxygen atoms in total. The fourth-order valence-electron chi connectivity index (χ4n) is 3.43. The molecule has 1 aliphatic heterocycles. The van der Waals surface area contributed by atoms with E-state index in [-0.39, 0.29) is 5.91 Å². The molecule has 1 saturated heterocycles. The van der Waals surface area contributed by atoms with E-state index in [1.807, 2.05) is 31.3 Å². The van der Waals surface area contributed by atoms with E-state index in [1.54, 1.807) is 11.9 Å². The van der Waals surface area contributed by atoms with Gasteiger partial charge < -0.3 is 15.5 Å². The van der Waals surface area contributed by atoms with Crippen molar-refractivity contribution >= 4 is 27.8 Å². The molecule has 0 bridgehead atoms. The van der Waals surface area contributed by atoms with Crippen molar-refractivity contribution in [2.75, 3.05) is 40.3 Å². The number of nitrogens with one attached hydrogen (secondary N) is 2. The van der Waals surface area contributed by atoms with Crippen molar-refractivity contribution in [2.45, 2.75) is 38.8 Å². The fourth-order valence-corrected chi connectivity index (χ4v) is 3.84. The summed E-state index contributed by atoms with van der Waals surface area (Å²) in [5.41, 5.74) is 1.11. The van der Waals surface area contributed by atoms with Crippen LogP contribution in [0.4, 0.5) is 0 Å². The molecule has 0 aromatic heterocycles. The van der Waals surface area contributed by atoms with E-state index in [4.69, 9.17) is 0 Å². The van der Waals surface area contributed by atoms with Gasteiger partial charge in [-0.1, -0.05) is 41.1 Å². The molecule has 0 radical (unpaired) electrons. The Kier molecular flexibility index (Phi) is 9.07. The number of carbonyl (C=O) groups excluding carboxylic acids is 1. The molecular weight excluding hydrogens is 406 g/mol. The summed E-state index contributed by atoms with van der Waals surface area (Å²) in [6.07, 6.45) is 2.94. The lowest BCUT2D eigenvalue weighted by Gasteiger charge is -2.24. The van der Waals surface area contributed by atoms with E-state index in [0.29, 0.717) is 25.6 Å². The highest BCUT2D eigenvalue weighted by Gasteiger charge is 2.22. The predicted molar refractivity (Wildman–Crippen MR) is 115 cm³/mol. The van der Waals surface area contributed by atoms with Crippen LogP contribution in [0.15, 0.2) is 33.7 Å².